The largest absolute Gasteiger partial charge is 0.478 e. The Balaban J connectivity index is 0.00000100. The van der Waals surface area contributed by atoms with Crippen molar-refractivity contribution in [1.82, 2.24) is 9.61 Å². The van der Waals surface area contributed by atoms with Gasteiger partial charge in [-0.15, -0.1) is 0 Å². The minimum atomic E-state index is -4.35. The first-order valence-electron chi connectivity index (χ1n) is 7.52. The van der Waals surface area contributed by atoms with Gasteiger partial charge in [-0.1, -0.05) is 32.1 Å². The molecule has 4 nitrogen and oxygen atoms in total. The third kappa shape index (κ3) is 3.50. The number of fused-ring (bicyclic) bond motifs is 1. The van der Waals surface area contributed by atoms with Crippen molar-refractivity contribution < 1.29 is 23.1 Å². The molecule has 2 heterocycles. The fraction of sp³-hybridized carbons (Fsp3) is 0.294. The van der Waals surface area contributed by atoms with E-state index in [9.17, 15) is 18.0 Å². The molecule has 1 aliphatic carbocycles. The number of carboxylic acid groups (broad SMARTS) is 1. The van der Waals surface area contributed by atoms with Crippen LogP contribution < -0.4 is 0 Å². The third-order valence-corrected chi connectivity index (χ3v) is 3.62. The molecule has 0 amide bonds. The highest BCUT2D eigenvalue weighted by molar-refractivity contribution is 5.89. The van der Waals surface area contributed by atoms with Crippen molar-refractivity contribution in [3.8, 4) is 0 Å². The molecule has 0 saturated carbocycles. The molecule has 0 bridgehead atoms. The Labute approximate surface area is 136 Å². The highest BCUT2D eigenvalue weighted by Crippen LogP contribution is 2.35. The Hall–Kier alpha value is -2.57. The minimum Gasteiger partial charge on any atom is -0.478 e. The Bertz CT molecular complexity index is 804. The van der Waals surface area contributed by atoms with E-state index in [1.807, 2.05) is 13.8 Å². The van der Waals surface area contributed by atoms with E-state index in [4.69, 9.17) is 5.11 Å². The van der Waals surface area contributed by atoms with Crippen molar-refractivity contribution in [2.45, 2.75) is 32.4 Å². The van der Waals surface area contributed by atoms with E-state index in [-0.39, 0.29) is 17.9 Å². The van der Waals surface area contributed by atoms with E-state index in [2.05, 4.69) is 5.10 Å². The number of rotatable bonds is 2. The number of allylic oxidation sites excluding steroid dienone is 4. The minimum absolute atomic E-state index is 0.112. The molecule has 2 aromatic heterocycles. The number of hydrogen-bond donors (Lipinski definition) is 1. The lowest BCUT2D eigenvalue weighted by Crippen LogP contribution is -2.13. The quantitative estimate of drug-likeness (QED) is 0.871. The van der Waals surface area contributed by atoms with Crippen LogP contribution in [0.1, 0.15) is 42.1 Å². The number of aromatic carboxylic acids is 1. The average molecular weight is 338 g/mol. The first-order chi connectivity index (χ1) is 11.4. The molecule has 1 unspecified atom stereocenters. The van der Waals surface area contributed by atoms with Crippen LogP contribution in [-0.4, -0.2) is 26.9 Å². The zero-order valence-corrected chi connectivity index (χ0v) is 13.2. The maximum Gasteiger partial charge on any atom is 0.416 e. The van der Waals surface area contributed by atoms with Crippen molar-refractivity contribution in [2.24, 2.45) is 0 Å². The second-order valence-electron chi connectivity index (χ2n) is 5.01. The summed E-state index contributed by atoms with van der Waals surface area (Å²) < 4.78 is 39.3. The molecule has 2 aromatic rings. The summed E-state index contributed by atoms with van der Waals surface area (Å²) in [6.45, 7) is 4.00. The predicted octanol–water partition coefficient (Wildman–Crippen LogP) is 4.59. The molecule has 3 rings (SSSR count). The number of carbonyl (C=O) groups is 1. The molecular weight excluding hydrogens is 321 g/mol. The number of nitrogens with zero attached hydrogens (tertiary/aromatic N) is 2. The second-order valence-corrected chi connectivity index (χ2v) is 5.01. The molecule has 7 heteroatoms. The third-order valence-electron chi connectivity index (χ3n) is 3.62. The smallest absolute Gasteiger partial charge is 0.416 e. The van der Waals surface area contributed by atoms with Crippen molar-refractivity contribution >= 4 is 11.5 Å². The summed E-state index contributed by atoms with van der Waals surface area (Å²) in [4.78, 5) is 11.0. The molecule has 1 atom stereocenters. The van der Waals surface area contributed by atoms with E-state index in [0.29, 0.717) is 11.1 Å². The van der Waals surface area contributed by atoms with Crippen LogP contribution in [0, 0.1) is 0 Å². The van der Waals surface area contributed by atoms with Crippen molar-refractivity contribution in [1.29, 1.82) is 0 Å². The van der Waals surface area contributed by atoms with Gasteiger partial charge in [0.2, 0.25) is 0 Å². The summed E-state index contributed by atoms with van der Waals surface area (Å²) >= 11 is 0. The van der Waals surface area contributed by atoms with Crippen LogP contribution in [0.25, 0.3) is 5.52 Å². The molecule has 0 fully saturated rings. The topological polar surface area (TPSA) is 54.6 Å². The lowest BCUT2D eigenvalue weighted by molar-refractivity contribution is -0.0886. The fourth-order valence-electron chi connectivity index (χ4n) is 2.48. The lowest BCUT2D eigenvalue weighted by atomic mass is 9.90. The summed E-state index contributed by atoms with van der Waals surface area (Å²) in [5.74, 6) is -1.32. The van der Waals surface area contributed by atoms with Crippen LogP contribution in [0.4, 0.5) is 13.2 Å². The van der Waals surface area contributed by atoms with Crippen LogP contribution in [0.2, 0.25) is 0 Å². The molecule has 24 heavy (non-hydrogen) atoms. The van der Waals surface area contributed by atoms with E-state index in [1.54, 1.807) is 6.20 Å². The molecule has 0 radical (unpaired) electrons. The van der Waals surface area contributed by atoms with Gasteiger partial charge in [0, 0.05) is 17.7 Å². The Morgan fingerprint density at radius 3 is 2.62 bits per heavy atom. The Morgan fingerprint density at radius 2 is 2.08 bits per heavy atom. The van der Waals surface area contributed by atoms with Gasteiger partial charge in [-0.3, -0.25) is 0 Å². The number of aromatic nitrogens is 2. The van der Waals surface area contributed by atoms with Gasteiger partial charge in [0.05, 0.1) is 22.9 Å². The summed E-state index contributed by atoms with van der Waals surface area (Å²) in [6, 6.07) is 2.89. The van der Waals surface area contributed by atoms with Crippen molar-refractivity contribution in [3.05, 3.63) is 59.5 Å². The molecule has 1 N–H and O–H groups in total. The van der Waals surface area contributed by atoms with Gasteiger partial charge < -0.3 is 5.11 Å². The van der Waals surface area contributed by atoms with Gasteiger partial charge >= 0.3 is 12.1 Å². The monoisotopic (exact) mass is 338 g/mol. The molecular formula is C17H17F3N2O2. The first-order valence-corrected chi connectivity index (χ1v) is 7.52. The van der Waals surface area contributed by atoms with Gasteiger partial charge in [-0.05, 0) is 18.6 Å². The standard InChI is InChI=1S/C15H11F3N2O2.C2H6/c16-15(17,18)11-3-1-9(2-4-11)12-8-19-20-6-5-10(14(21)22)7-13(12)20;1-2/h1,3-9H,2H2,(H,21,22);1-2H3. The van der Waals surface area contributed by atoms with Crippen LogP contribution in [-0.2, 0) is 0 Å². The maximum atomic E-state index is 12.6. The maximum absolute atomic E-state index is 12.6. The van der Waals surface area contributed by atoms with Gasteiger partial charge in [0.1, 0.15) is 0 Å². The summed E-state index contributed by atoms with van der Waals surface area (Å²) in [6.07, 6.45) is 2.61. The highest BCUT2D eigenvalue weighted by atomic mass is 19.4. The average Bonchev–Trinajstić information content (AvgIpc) is 2.99. The number of hydrogen-bond acceptors (Lipinski definition) is 2. The van der Waals surface area contributed by atoms with E-state index in [0.717, 1.165) is 12.2 Å². The second kappa shape index (κ2) is 6.90. The molecule has 0 spiro atoms. The molecule has 1 aliphatic rings. The van der Waals surface area contributed by atoms with E-state index in [1.165, 1.54) is 28.9 Å². The Kier molecular flexibility index (Phi) is 5.11. The van der Waals surface area contributed by atoms with E-state index < -0.39 is 17.7 Å². The van der Waals surface area contributed by atoms with Crippen LogP contribution in [0.15, 0.2) is 48.3 Å². The Morgan fingerprint density at radius 1 is 1.38 bits per heavy atom. The SMILES string of the molecule is CC.O=C(O)c1ccn2ncc(C3C=CC(C(F)(F)F)=CC3)c2c1. The molecule has 128 valence electrons. The zero-order valence-electron chi connectivity index (χ0n) is 13.2. The summed E-state index contributed by atoms with van der Waals surface area (Å²) in [5, 5.41) is 13.1. The zero-order chi connectivity index (χ0) is 17.9. The van der Waals surface area contributed by atoms with Crippen molar-refractivity contribution in [3.63, 3.8) is 0 Å². The fourth-order valence-corrected chi connectivity index (χ4v) is 2.48. The van der Waals surface area contributed by atoms with Gasteiger partial charge in [0.15, 0.2) is 0 Å². The van der Waals surface area contributed by atoms with Gasteiger partial charge in [-0.2, -0.15) is 18.3 Å². The molecule has 0 saturated heterocycles. The van der Waals surface area contributed by atoms with Gasteiger partial charge in [0.25, 0.3) is 0 Å². The van der Waals surface area contributed by atoms with Crippen molar-refractivity contribution in [2.75, 3.05) is 0 Å². The van der Waals surface area contributed by atoms with Crippen LogP contribution >= 0.6 is 0 Å². The lowest BCUT2D eigenvalue weighted by Gasteiger charge is -2.17. The molecule has 0 aliphatic heterocycles. The first kappa shape index (κ1) is 17.8. The number of halogens is 3. The number of alkyl halides is 3. The van der Waals surface area contributed by atoms with Crippen LogP contribution in [0.3, 0.4) is 0 Å². The summed E-state index contributed by atoms with van der Waals surface area (Å²) in [7, 11) is 0. The summed E-state index contributed by atoms with van der Waals surface area (Å²) in [5.41, 5.74) is 0.738. The van der Waals surface area contributed by atoms with E-state index >= 15 is 0 Å². The van der Waals surface area contributed by atoms with Gasteiger partial charge in [-0.25, -0.2) is 9.31 Å². The predicted molar refractivity (Wildman–Crippen MR) is 84.1 cm³/mol. The van der Waals surface area contributed by atoms with Crippen LogP contribution in [0.5, 0.6) is 0 Å². The highest BCUT2D eigenvalue weighted by Gasteiger charge is 2.33. The molecule has 0 aromatic carbocycles. The number of pyridine rings is 1. The normalized spacial score (nSPS) is 17.2. The number of carboxylic acids is 1.